The van der Waals surface area contributed by atoms with Crippen LogP contribution in [-0.2, 0) is 0 Å². The average Bonchev–Trinajstić information content (AvgIpc) is 2.86. The van der Waals surface area contributed by atoms with Gasteiger partial charge in [0.2, 0.25) is 0 Å². The molecule has 3 nitrogen and oxygen atoms in total. The molecule has 0 radical (unpaired) electrons. The molecule has 1 aliphatic rings. The van der Waals surface area contributed by atoms with E-state index in [1.807, 2.05) is 11.0 Å². The maximum Gasteiger partial charge on any atom is 0.265 e. The lowest BCUT2D eigenvalue weighted by atomic mass is 10.0. The zero-order chi connectivity index (χ0) is 15.9. The van der Waals surface area contributed by atoms with Crippen molar-refractivity contribution in [2.24, 2.45) is 0 Å². The average molecular weight is 358 g/mol. The fourth-order valence-electron chi connectivity index (χ4n) is 2.91. The van der Waals surface area contributed by atoms with Gasteiger partial charge in [0.1, 0.15) is 15.6 Å². The zero-order valence-electron chi connectivity index (χ0n) is 12.5. The SMILES string of the molecule is COc1ccc2c(Cl)c(C(=O)N3CCCC[C@H]3C)sc2c1Cl. The fourth-order valence-corrected chi connectivity index (χ4v) is 4.75. The number of fused-ring (bicyclic) bond motifs is 1. The molecule has 3 rings (SSSR count). The van der Waals surface area contributed by atoms with Crippen molar-refractivity contribution < 1.29 is 9.53 Å². The fraction of sp³-hybridized carbons (Fsp3) is 0.438. The van der Waals surface area contributed by atoms with E-state index in [0.717, 1.165) is 29.5 Å². The lowest BCUT2D eigenvalue weighted by molar-refractivity contribution is 0.0641. The quantitative estimate of drug-likeness (QED) is 0.736. The number of hydrogen-bond donors (Lipinski definition) is 0. The van der Waals surface area contributed by atoms with Gasteiger partial charge in [-0.05, 0) is 38.3 Å². The molecule has 0 aliphatic carbocycles. The van der Waals surface area contributed by atoms with E-state index in [1.165, 1.54) is 17.8 Å². The van der Waals surface area contributed by atoms with Crippen molar-refractivity contribution in [3.8, 4) is 5.75 Å². The van der Waals surface area contributed by atoms with Crippen molar-refractivity contribution in [2.45, 2.75) is 32.2 Å². The predicted molar refractivity (Wildman–Crippen MR) is 92.7 cm³/mol. The molecule has 1 atom stereocenters. The molecule has 0 unspecified atom stereocenters. The van der Waals surface area contributed by atoms with Crippen LogP contribution >= 0.6 is 34.5 Å². The first-order chi connectivity index (χ1) is 10.5. The van der Waals surface area contributed by atoms with Crippen LogP contribution in [0.5, 0.6) is 5.75 Å². The van der Waals surface area contributed by atoms with Gasteiger partial charge >= 0.3 is 0 Å². The summed E-state index contributed by atoms with van der Waals surface area (Å²) in [6.45, 7) is 2.88. The highest BCUT2D eigenvalue weighted by atomic mass is 35.5. The minimum atomic E-state index is 0.00781. The van der Waals surface area contributed by atoms with Crippen LogP contribution in [0.4, 0.5) is 0 Å². The second-order valence-corrected chi connectivity index (χ2v) is 7.32. The van der Waals surface area contributed by atoms with E-state index in [0.29, 0.717) is 20.7 Å². The molecule has 1 aliphatic heterocycles. The van der Waals surface area contributed by atoms with Crippen molar-refractivity contribution in [2.75, 3.05) is 13.7 Å². The molecule has 1 saturated heterocycles. The van der Waals surface area contributed by atoms with Crippen LogP contribution in [0.25, 0.3) is 10.1 Å². The summed E-state index contributed by atoms with van der Waals surface area (Å²) in [7, 11) is 1.57. The summed E-state index contributed by atoms with van der Waals surface area (Å²) in [5, 5.41) is 1.82. The van der Waals surface area contributed by atoms with Crippen LogP contribution in [0.3, 0.4) is 0 Å². The molecule has 1 aromatic carbocycles. The number of piperidine rings is 1. The van der Waals surface area contributed by atoms with Crippen LogP contribution in [0.15, 0.2) is 12.1 Å². The number of methoxy groups -OCH3 is 1. The highest BCUT2D eigenvalue weighted by Gasteiger charge is 2.28. The van der Waals surface area contributed by atoms with Gasteiger partial charge in [-0.3, -0.25) is 4.79 Å². The Balaban J connectivity index is 2.05. The molecule has 6 heteroatoms. The molecule has 0 spiro atoms. The van der Waals surface area contributed by atoms with Gasteiger partial charge in [-0.2, -0.15) is 0 Å². The lowest BCUT2D eigenvalue weighted by Gasteiger charge is -2.33. The van der Waals surface area contributed by atoms with E-state index in [1.54, 1.807) is 13.2 Å². The first kappa shape index (κ1) is 15.9. The standard InChI is InChI=1S/C16H17Cl2NO2S/c1-9-5-3-4-8-19(9)16(20)15-12(17)10-6-7-11(21-2)13(18)14(10)22-15/h6-7,9H,3-5,8H2,1-2H3/t9-/m1/s1. The van der Waals surface area contributed by atoms with Gasteiger partial charge in [-0.1, -0.05) is 23.2 Å². The van der Waals surface area contributed by atoms with Crippen molar-refractivity contribution in [3.63, 3.8) is 0 Å². The summed E-state index contributed by atoms with van der Waals surface area (Å²) >= 11 is 14.1. The summed E-state index contributed by atoms with van der Waals surface area (Å²) < 4.78 is 6.04. The maximum absolute atomic E-state index is 12.8. The predicted octanol–water partition coefficient (Wildman–Crippen LogP) is 5.23. The molecule has 1 fully saturated rings. The number of thiophene rings is 1. The molecule has 1 amide bonds. The third-order valence-electron chi connectivity index (χ3n) is 4.18. The van der Waals surface area contributed by atoms with Gasteiger partial charge in [-0.25, -0.2) is 0 Å². The minimum Gasteiger partial charge on any atom is -0.495 e. The molecule has 0 saturated carbocycles. The topological polar surface area (TPSA) is 29.5 Å². The van der Waals surface area contributed by atoms with Crippen molar-refractivity contribution in [3.05, 3.63) is 27.1 Å². The number of rotatable bonds is 2. The molecule has 2 aromatic rings. The van der Waals surface area contributed by atoms with Gasteiger partial charge in [0.25, 0.3) is 5.91 Å². The van der Waals surface area contributed by atoms with Crippen LogP contribution in [-0.4, -0.2) is 30.5 Å². The molecular weight excluding hydrogens is 341 g/mol. The number of benzene rings is 1. The maximum atomic E-state index is 12.8. The number of halogens is 2. The normalized spacial score (nSPS) is 18.7. The molecule has 1 aromatic heterocycles. The number of nitrogens with zero attached hydrogens (tertiary/aromatic N) is 1. The Hall–Kier alpha value is -0.970. The number of carbonyl (C=O) groups is 1. The number of ether oxygens (including phenoxy) is 1. The summed E-state index contributed by atoms with van der Waals surface area (Å²) in [4.78, 5) is 15.3. The summed E-state index contributed by atoms with van der Waals surface area (Å²) in [5.74, 6) is 0.603. The number of carbonyl (C=O) groups excluding carboxylic acids is 1. The monoisotopic (exact) mass is 357 g/mol. The summed E-state index contributed by atoms with van der Waals surface area (Å²) in [5.41, 5.74) is 0. The van der Waals surface area contributed by atoms with Gasteiger partial charge < -0.3 is 9.64 Å². The van der Waals surface area contributed by atoms with Gasteiger partial charge in [0, 0.05) is 18.0 Å². The number of likely N-dealkylation sites (tertiary alicyclic amines) is 1. The van der Waals surface area contributed by atoms with Gasteiger partial charge in [0.05, 0.1) is 16.8 Å². The van der Waals surface area contributed by atoms with E-state index in [9.17, 15) is 4.79 Å². The Bertz CT molecular complexity index is 728. The number of amides is 1. The second kappa shape index (κ2) is 6.26. The first-order valence-corrected chi connectivity index (χ1v) is 8.87. The Morgan fingerprint density at radius 2 is 2.09 bits per heavy atom. The van der Waals surface area contributed by atoms with E-state index in [2.05, 4.69) is 6.92 Å². The van der Waals surface area contributed by atoms with E-state index in [-0.39, 0.29) is 11.9 Å². The third kappa shape index (κ3) is 2.57. The second-order valence-electron chi connectivity index (χ2n) is 5.55. The molecule has 22 heavy (non-hydrogen) atoms. The van der Waals surface area contributed by atoms with Crippen LogP contribution in [0.2, 0.25) is 10.0 Å². The minimum absolute atomic E-state index is 0.00781. The smallest absolute Gasteiger partial charge is 0.265 e. The molecule has 0 bridgehead atoms. The van der Waals surface area contributed by atoms with Crippen molar-refractivity contribution in [1.29, 1.82) is 0 Å². The van der Waals surface area contributed by atoms with Crippen LogP contribution < -0.4 is 4.74 Å². The Morgan fingerprint density at radius 1 is 1.32 bits per heavy atom. The zero-order valence-corrected chi connectivity index (χ0v) is 14.8. The highest BCUT2D eigenvalue weighted by Crippen LogP contribution is 2.43. The Kier molecular flexibility index (Phi) is 4.53. The Labute approximate surface area is 143 Å². The molecule has 118 valence electrons. The molecule has 2 heterocycles. The van der Waals surface area contributed by atoms with Crippen LogP contribution in [0.1, 0.15) is 35.9 Å². The first-order valence-electron chi connectivity index (χ1n) is 7.30. The van der Waals surface area contributed by atoms with Gasteiger partial charge in [0.15, 0.2) is 0 Å². The van der Waals surface area contributed by atoms with Gasteiger partial charge in [-0.15, -0.1) is 11.3 Å². The highest BCUT2D eigenvalue weighted by molar-refractivity contribution is 7.22. The molecular formula is C16H17Cl2NO2S. The number of hydrogen-bond acceptors (Lipinski definition) is 3. The van der Waals surface area contributed by atoms with E-state index in [4.69, 9.17) is 27.9 Å². The van der Waals surface area contributed by atoms with Crippen LogP contribution in [0, 0.1) is 0 Å². The van der Waals surface area contributed by atoms with Crippen molar-refractivity contribution in [1.82, 2.24) is 4.90 Å². The lowest BCUT2D eigenvalue weighted by Crippen LogP contribution is -2.41. The summed E-state index contributed by atoms with van der Waals surface area (Å²) in [6, 6.07) is 3.89. The third-order valence-corrected chi connectivity index (χ3v) is 6.38. The van der Waals surface area contributed by atoms with E-state index < -0.39 is 0 Å². The van der Waals surface area contributed by atoms with Crippen molar-refractivity contribution >= 4 is 50.5 Å². The largest absolute Gasteiger partial charge is 0.495 e. The summed E-state index contributed by atoms with van der Waals surface area (Å²) in [6.07, 6.45) is 3.27. The van der Waals surface area contributed by atoms with E-state index >= 15 is 0 Å². The Morgan fingerprint density at radius 3 is 2.77 bits per heavy atom. The molecule has 0 N–H and O–H groups in total.